The second-order valence-electron chi connectivity index (χ2n) is 3.25. The van der Waals surface area contributed by atoms with E-state index < -0.39 is 0 Å². The average Bonchev–Trinajstić information content (AvgIpc) is 2.10. The normalized spacial score (nSPS) is 18.7. The van der Waals surface area contributed by atoms with E-state index in [1.54, 1.807) is 6.21 Å². The number of carbonyl (C=O) groups is 1. The van der Waals surface area contributed by atoms with E-state index in [0.717, 1.165) is 25.8 Å². The Morgan fingerprint density at radius 1 is 1.54 bits per heavy atom. The Morgan fingerprint density at radius 3 is 2.92 bits per heavy atom. The Morgan fingerprint density at radius 2 is 2.31 bits per heavy atom. The van der Waals surface area contributed by atoms with Gasteiger partial charge in [0.05, 0.1) is 5.57 Å². The Labute approximate surface area is 78.7 Å². The molecule has 0 aromatic carbocycles. The molecular formula is C10H16N2O. The van der Waals surface area contributed by atoms with Gasteiger partial charge in [-0.1, -0.05) is 6.92 Å². The van der Waals surface area contributed by atoms with Crippen molar-refractivity contribution in [3.63, 3.8) is 0 Å². The maximum atomic E-state index is 11.4. The van der Waals surface area contributed by atoms with Crippen molar-refractivity contribution in [3.05, 3.63) is 11.3 Å². The number of aliphatic imine (C=N–C) groups is 1. The number of rotatable bonds is 3. The third-order valence-electron chi connectivity index (χ3n) is 2.07. The highest BCUT2D eigenvalue weighted by atomic mass is 16.1. The number of allylic oxidation sites excluding steroid dienone is 2. The van der Waals surface area contributed by atoms with Crippen molar-refractivity contribution in [2.45, 2.75) is 32.6 Å². The van der Waals surface area contributed by atoms with Crippen molar-refractivity contribution in [1.82, 2.24) is 0 Å². The molecule has 3 heteroatoms. The second-order valence-corrected chi connectivity index (χ2v) is 3.25. The highest BCUT2D eigenvalue weighted by Gasteiger charge is 2.16. The van der Waals surface area contributed by atoms with Crippen molar-refractivity contribution < 1.29 is 4.79 Å². The van der Waals surface area contributed by atoms with E-state index in [4.69, 9.17) is 5.73 Å². The number of carbonyl (C=O) groups excluding carboxylic acids is 1. The van der Waals surface area contributed by atoms with E-state index >= 15 is 0 Å². The standard InChI is InChI=1S/C10H16N2O/c1-2-6-12-7-8-9(11)4-3-5-10(8)13/h7H,2-6,11H2,1H3. The fourth-order valence-electron chi connectivity index (χ4n) is 1.33. The number of ketones is 1. The summed E-state index contributed by atoms with van der Waals surface area (Å²) in [6, 6.07) is 0. The number of hydrogen-bond acceptors (Lipinski definition) is 3. The van der Waals surface area contributed by atoms with Crippen LogP contribution in [0.3, 0.4) is 0 Å². The zero-order chi connectivity index (χ0) is 9.68. The lowest BCUT2D eigenvalue weighted by Gasteiger charge is -2.12. The van der Waals surface area contributed by atoms with Crippen molar-refractivity contribution in [1.29, 1.82) is 0 Å². The largest absolute Gasteiger partial charge is 0.401 e. The molecule has 0 aromatic heterocycles. The number of Topliss-reactive ketones (excluding diaryl/α,β-unsaturated/α-hetero) is 1. The van der Waals surface area contributed by atoms with Crippen LogP contribution in [0.1, 0.15) is 32.6 Å². The monoisotopic (exact) mass is 180 g/mol. The molecule has 0 aliphatic heterocycles. The summed E-state index contributed by atoms with van der Waals surface area (Å²) >= 11 is 0. The van der Waals surface area contributed by atoms with Crippen LogP contribution in [0.15, 0.2) is 16.3 Å². The molecule has 1 rings (SSSR count). The van der Waals surface area contributed by atoms with Gasteiger partial charge < -0.3 is 5.73 Å². The molecular weight excluding hydrogens is 164 g/mol. The van der Waals surface area contributed by atoms with Gasteiger partial charge in [-0.2, -0.15) is 0 Å². The summed E-state index contributed by atoms with van der Waals surface area (Å²) in [7, 11) is 0. The van der Waals surface area contributed by atoms with Gasteiger partial charge in [-0.25, -0.2) is 0 Å². The van der Waals surface area contributed by atoms with Gasteiger partial charge >= 0.3 is 0 Å². The van der Waals surface area contributed by atoms with Crippen LogP contribution in [-0.4, -0.2) is 18.5 Å². The van der Waals surface area contributed by atoms with Gasteiger partial charge in [0.2, 0.25) is 0 Å². The fourth-order valence-corrected chi connectivity index (χ4v) is 1.33. The van der Waals surface area contributed by atoms with E-state index in [1.807, 2.05) is 0 Å². The van der Waals surface area contributed by atoms with Gasteiger partial charge in [-0.3, -0.25) is 9.79 Å². The second kappa shape index (κ2) is 4.80. The first-order valence-corrected chi connectivity index (χ1v) is 4.77. The first-order chi connectivity index (χ1) is 6.25. The maximum absolute atomic E-state index is 11.4. The van der Waals surface area contributed by atoms with Gasteiger partial charge in [0, 0.05) is 24.9 Å². The van der Waals surface area contributed by atoms with Crippen molar-refractivity contribution in [2.24, 2.45) is 10.7 Å². The van der Waals surface area contributed by atoms with Crippen LogP contribution in [0.5, 0.6) is 0 Å². The predicted molar refractivity (Wildman–Crippen MR) is 53.7 cm³/mol. The first kappa shape index (κ1) is 9.96. The molecule has 2 N–H and O–H groups in total. The van der Waals surface area contributed by atoms with E-state index in [1.165, 1.54) is 0 Å². The predicted octanol–water partition coefficient (Wildman–Crippen LogP) is 1.43. The van der Waals surface area contributed by atoms with Crippen molar-refractivity contribution in [3.8, 4) is 0 Å². The highest BCUT2D eigenvalue weighted by molar-refractivity contribution is 6.14. The van der Waals surface area contributed by atoms with Crippen LogP contribution in [0.4, 0.5) is 0 Å². The van der Waals surface area contributed by atoms with E-state index in [2.05, 4.69) is 11.9 Å². The number of hydrogen-bond donors (Lipinski definition) is 1. The number of nitrogens with zero attached hydrogens (tertiary/aromatic N) is 1. The van der Waals surface area contributed by atoms with Crippen LogP contribution in [0, 0.1) is 0 Å². The van der Waals surface area contributed by atoms with Crippen LogP contribution >= 0.6 is 0 Å². The molecule has 0 bridgehead atoms. The first-order valence-electron chi connectivity index (χ1n) is 4.77. The summed E-state index contributed by atoms with van der Waals surface area (Å²) in [5, 5.41) is 0. The van der Waals surface area contributed by atoms with Gasteiger partial charge in [0.15, 0.2) is 5.78 Å². The Bertz CT molecular complexity index is 254. The molecule has 0 atom stereocenters. The zero-order valence-electron chi connectivity index (χ0n) is 8.05. The molecule has 0 saturated carbocycles. The van der Waals surface area contributed by atoms with Crippen LogP contribution in [0.25, 0.3) is 0 Å². The SMILES string of the molecule is CCCN=CC1=C(N)CCCC1=O. The Hall–Kier alpha value is -1.12. The van der Waals surface area contributed by atoms with E-state index in [0.29, 0.717) is 17.7 Å². The third kappa shape index (κ3) is 2.68. The summed E-state index contributed by atoms with van der Waals surface area (Å²) in [4.78, 5) is 15.5. The van der Waals surface area contributed by atoms with Crippen molar-refractivity contribution in [2.75, 3.05) is 6.54 Å². The molecule has 0 heterocycles. The fraction of sp³-hybridized carbons (Fsp3) is 0.600. The molecule has 13 heavy (non-hydrogen) atoms. The van der Waals surface area contributed by atoms with Crippen LogP contribution in [-0.2, 0) is 4.79 Å². The van der Waals surface area contributed by atoms with Gasteiger partial charge in [0.1, 0.15) is 0 Å². The molecule has 0 amide bonds. The smallest absolute Gasteiger partial charge is 0.166 e. The average molecular weight is 180 g/mol. The summed E-state index contributed by atoms with van der Waals surface area (Å²) in [6.45, 7) is 2.82. The lowest BCUT2D eigenvalue weighted by Crippen LogP contribution is -2.17. The summed E-state index contributed by atoms with van der Waals surface area (Å²) in [5.41, 5.74) is 7.06. The minimum atomic E-state index is 0.142. The molecule has 0 aromatic rings. The summed E-state index contributed by atoms with van der Waals surface area (Å²) in [6.07, 6.45) is 4.97. The minimum absolute atomic E-state index is 0.142. The quantitative estimate of drug-likeness (QED) is 0.668. The molecule has 0 unspecified atom stereocenters. The molecule has 1 aliphatic carbocycles. The van der Waals surface area contributed by atoms with Crippen LogP contribution < -0.4 is 5.73 Å². The molecule has 3 nitrogen and oxygen atoms in total. The maximum Gasteiger partial charge on any atom is 0.166 e. The molecule has 0 spiro atoms. The van der Waals surface area contributed by atoms with Gasteiger partial charge in [0.25, 0.3) is 0 Å². The van der Waals surface area contributed by atoms with E-state index in [-0.39, 0.29) is 5.78 Å². The van der Waals surface area contributed by atoms with Gasteiger partial charge in [-0.15, -0.1) is 0 Å². The Balaban J connectivity index is 2.68. The zero-order valence-corrected chi connectivity index (χ0v) is 8.05. The molecule has 72 valence electrons. The third-order valence-corrected chi connectivity index (χ3v) is 2.07. The minimum Gasteiger partial charge on any atom is -0.401 e. The highest BCUT2D eigenvalue weighted by Crippen LogP contribution is 2.16. The number of nitrogens with two attached hydrogens (primary N) is 1. The molecule has 0 saturated heterocycles. The van der Waals surface area contributed by atoms with Gasteiger partial charge in [-0.05, 0) is 19.3 Å². The summed E-state index contributed by atoms with van der Waals surface area (Å²) < 4.78 is 0. The van der Waals surface area contributed by atoms with E-state index in [9.17, 15) is 4.79 Å². The molecule has 0 fully saturated rings. The Kier molecular flexibility index (Phi) is 3.68. The topological polar surface area (TPSA) is 55.4 Å². The lowest BCUT2D eigenvalue weighted by molar-refractivity contribution is -0.115. The summed E-state index contributed by atoms with van der Waals surface area (Å²) in [5.74, 6) is 0.142. The van der Waals surface area contributed by atoms with Crippen molar-refractivity contribution >= 4 is 12.0 Å². The molecule has 0 radical (unpaired) electrons. The van der Waals surface area contributed by atoms with Crippen LogP contribution in [0.2, 0.25) is 0 Å². The lowest BCUT2D eigenvalue weighted by atomic mass is 9.96. The molecule has 1 aliphatic rings.